The molecule has 2 aliphatic rings. The van der Waals surface area contributed by atoms with Gasteiger partial charge in [-0.05, 0) is 38.5 Å². The Hall–Kier alpha value is -0.610. The van der Waals surface area contributed by atoms with Crippen molar-refractivity contribution in [2.45, 2.75) is 51.6 Å². The third-order valence-electron chi connectivity index (χ3n) is 4.76. The van der Waals surface area contributed by atoms with Gasteiger partial charge in [-0.2, -0.15) is 0 Å². The molecule has 18 heavy (non-hydrogen) atoms. The second-order valence-electron chi connectivity index (χ2n) is 6.00. The van der Waals surface area contributed by atoms with Crippen molar-refractivity contribution in [3.63, 3.8) is 0 Å². The monoisotopic (exact) mass is 254 g/mol. The van der Waals surface area contributed by atoms with Gasteiger partial charge >= 0.3 is 5.97 Å². The maximum absolute atomic E-state index is 11.0. The second-order valence-corrected chi connectivity index (χ2v) is 6.00. The Balaban J connectivity index is 1.78. The molecule has 1 saturated heterocycles. The molecule has 2 fully saturated rings. The summed E-state index contributed by atoms with van der Waals surface area (Å²) in [6, 6.07) is 0.419. The van der Waals surface area contributed by atoms with Crippen LogP contribution in [0.3, 0.4) is 0 Å². The Morgan fingerprint density at radius 1 is 1.11 bits per heavy atom. The van der Waals surface area contributed by atoms with Crippen LogP contribution >= 0.6 is 0 Å². The van der Waals surface area contributed by atoms with Crippen LogP contribution in [0.4, 0.5) is 0 Å². The number of hydrogen-bond acceptors (Lipinski definition) is 3. The summed E-state index contributed by atoms with van der Waals surface area (Å²) in [4.78, 5) is 15.6. The highest BCUT2D eigenvalue weighted by Crippen LogP contribution is 2.27. The normalized spacial score (nSPS) is 33.2. The van der Waals surface area contributed by atoms with Crippen LogP contribution in [0.5, 0.6) is 0 Å². The van der Waals surface area contributed by atoms with E-state index in [9.17, 15) is 4.79 Å². The molecule has 1 atom stereocenters. The first-order valence-electron chi connectivity index (χ1n) is 7.29. The summed E-state index contributed by atoms with van der Waals surface area (Å²) >= 11 is 0. The average molecular weight is 254 g/mol. The highest BCUT2D eigenvalue weighted by atomic mass is 16.4. The molecule has 1 aliphatic heterocycles. The molecule has 0 aromatic carbocycles. The summed E-state index contributed by atoms with van der Waals surface area (Å²) in [6.07, 6.45) is 5.37. The minimum absolute atomic E-state index is 0.335. The van der Waals surface area contributed by atoms with Gasteiger partial charge in [-0.15, -0.1) is 0 Å². The smallest absolute Gasteiger partial charge is 0.320 e. The SMILES string of the molecule is CC1CCC(N2CCN(C(C)C(=O)O)CC2)CC1. The Morgan fingerprint density at radius 3 is 2.17 bits per heavy atom. The topological polar surface area (TPSA) is 43.8 Å². The van der Waals surface area contributed by atoms with E-state index in [0.717, 1.165) is 38.1 Å². The van der Waals surface area contributed by atoms with E-state index in [4.69, 9.17) is 5.11 Å². The molecule has 0 aromatic heterocycles. The van der Waals surface area contributed by atoms with Crippen LogP contribution in [0.15, 0.2) is 0 Å². The summed E-state index contributed by atoms with van der Waals surface area (Å²) in [5, 5.41) is 9.02. The van der Waals surface area contributed by atoms with Crippen molar-refractivity contribution in [1.29, 1.82) is 0 Å². The third kappa shape index (κ3) is 3.23. The molecule has 4 nitrogen and oxygen atoms in total. The Bertz CT molecular complexity index is 280. The quantitative estimate of drug-likeness (QED) is 0.832. The van der Waals surface area contributed by atoms with Crippen molar-refractivity contribution >= 4 is 5.97 Å². The van der Waals surface area contributed by atoms with E-state index in [1.54, 1.807) is 6.92 Å². The summed E-state index contributed by atoms with van der Waals surface area (Å²) in [7, 11) is 0. The maximum Gasteiger partial charge on any atom is 0.320 e. The highest BCUT2D eigenvalue weighted by molar-refractivity contribution is 5.72. The number of hydrogen-bond donors (Lipinski definition) is 1. The highest BCUT2D eigenvalue weighted by Gasteiger charge is 2.29. The van der Waals surface area contributed by atoms with Crippen molar-refractivity contribution in [2.75, 3.05) is 26.2 Å². The first-order valence-corrected chi connectivity index (χ1v) is 7.29. The number of aliphatic carboxylic acids is 1. The molecule has 1 N–H and O–H groups in total. The first-order chi connectivity index (χ1) is 8.58. The number of carboxylic acids is 1. The number of piperazine rings is 1. The second kappa shape index (κ2) is 6.02. The van der Waals surface area contributed by atoms with Crippen LogP contribution in [0.1, 0.15) is 39.5 Å². The van der Waals surface area contributed by atoms with E-state index in [2.05, 4.69) is 16.7 Å². The van der Waals surface area contributed by atoms with Gasteiger partial charge in [0.2, 0.25) is 0 Å². The molecule has 0 amide bonds. The minimum atomic E-state index is -0.699. The van der Waals surface area contributed by atoms with E-state index in [0.29, 0.717) is 0 Å². The minimum Gasteiger partial charge on any atom is -0.480 e. The Kier molecular flexibility index (Phi) is 4.62. The summed E-state index contributed by atoms with van der Waals surface area (Å²) in [5.41, 5.74) is 0. The van der Waals surface area contributed by atoms with Gasteiger partial charge < -0.3 is 5.11 Å². The maximum atomic E-state index is 11.0. The van der Waals surface area contributed by atoms with Gasteiger partial charge in [-0.25, -0.2) is 0 Å². The molecular formula is C14H26N2O2. The molecular weight excluding hydrogens is 228 g/mol. The van der Waals surface area contributed by atoms with Crippen LogP contribution in [0.2, 0.25) is 0 Å². The molecule has 0 spiro atoms. The number of carboxylic acid groups (broad SMARTS) is 1. The standard InChI is InChI=1S/C14H26N2O2/c1-11-3-5-13(6-4-11)16-9-7-15(8-10-16)12(2)14(17)18/h11-13H,3-10H2,1-2H3,(H,17,18). The number of nitrogens with zero attached hydrogens (tertiary/aromatic N) is 2. The lowest BCUT2D eigenvalue weighted by molar-refractivity contribution is -0.143. The van der Waals surface area contributed by atoms with Gasteiger partial charge in [-0.1, -0.05) is 6.92 Å². The molecule has 1 saturated carbocycles. The van der Waals surface area contributed by atoms with Crippen LogP contribution in [0, 0.1) is 5.92 Å². The van der Waals surface area contributed by atoms with Crippen LogP contribution in [-0.2, 0) is 4.79 Å². The lowest BCUT2D eigenvalue weighted by atomic mass is 9.86. The third-order valence-corrected chi connectivity index (χ3v) is 4.76. The van der Waals surface area contributed by atoms with Gasteiger partial charge in [0.25, 0.3) is 0 Å². The fraction of sp³-hybridized carbons (Fsp3) is 0.929. The van der Waals surface area contributed by atoms with Gasteiger partial charge in [0.15, 0.2) is 0 Å². The molecule has 4 heteroatoms. The van der Waals surface area contributed by atoms with Crippen molar-refractivity contribution in [3.8, 4) is 0 Å². The molecule has 0 bridgehead atoms. The first kappa shape index (κ1) is 13.8. The van der Waals surface area contributed by atoms with Gasteiger partial charge in [0, 0.05) is 32.2 Å². The zero-order valence-corrected chi connectivity index (χ0v) is 11.6. The van der Waals surface area contributed by atoms with Gasteiger partial charge in [0.1, 0.15) is 6.04 Å². The molecule has 1 heterocycles. The van der Waals surface area contributed by atoms with Crippen LogP contribution in [-0.4, -0.2) is 59.1 Å². The largest absolute Gasteiger partial charge is 0.480 e. The predicted octanol–water partition coefficient (Wildman–Crippen LogP) is 1.66. The van der Waals surface area contributed by atoms with E-state index >= 15 is 0 Å². The zero-order valence-electron chi connectivity index (χ0n) is 11.6. The summed E-state index contributed by atoms with van der Waals surface area (Å²) in [6.45, 7) is 8.02. The van der Waals surface area contributed by atoms with Crippen molar-refractivity contribution in [2.24, 2.45) is 5.92 Å². The average Bonchev–Trinajstić information content (AvgIpc) is 2.39. The molecule has 104 valence electrons. The number of carbonyl (C=O) groups is 1. The van der Waals surface area contributed by atoms with E-state index in [1.807, 2.05) is 0 Å². The molecule has 0 radical (unpaired) electrons. The predicted molar refractivity (Wildman–Crippen MR) is 71.7 cm³/mol. The lowest BCUT2D eigenvalue weighted by Crippen LogP contribution is -2.54. The fourth-order valence-electron chi connectivity index (χ4n) is 3.25. The molecule has 1 aliphatic carbocycles. The van der Waals surface area contributed by atoms with Gasteiger partial charge in [0.05, 0.1) is 0 Å². The lowest BCUT2D eigenvalue weighted by Gasteiger charge is -2.42. The Morgan fingerprint density at radius 2 is 1.67 bits per heavy atom. The van der Waals surface area contributed by atoms with Crippen molar-refractivity contribution in [3.05, 3.63) is 0 Å². The number of rotatable bonds is 3. The summed E-state index contributed by atoms with van der Waals surface area (Å²) < 4.78 is 0. The molecule has 0 aromatic rings. The van der Waals surface area contributed by atoms with E-state index < -0.39 is 5.97 Å². The summed E-state index contributed by atoms with van der Waals surface area (Å²) in [5.74, 6) is 0.199. The zero-order chi connectivity index (χ0) is 13.1. The Labute approximate surface area is 110 Å². The fourth-order valence-corrected chi connectivity index (χ4v) is 3.25. The van der Waals surface area contributed by atoms with E-state index in [1.165, 1.54) is 25.7 Å². The van der Waals surface area contributed by atoms with Crippen LogP contribution < -0.4 is 0 Å². The molecule has 1 unspecified atom stereocenters. The van der Waals surface area contributed by atoms with Gasteiger partial charge in [-0.3, -0.25) is 14.6 Å². The van der Waals surface area contributed by atoms with Crippen molar-refractivity contribution in [1.82, 2.24) is 9.80 Å². The van der Waals surface area contributed by atoms with Crippen LogP contribution in [0.25, 0.3) is 0 Å². The van der Waals surface area contributed by atoms with E-state index in [-0.39, 0.29) is 6.04 Å². The molecule has 2 rings (SSSR count). The van der Waals surface area contributed by atoms with Crippen molar-refractivity contribution < 1.29 is 9.90 Å².